The molecule has 2 heterocycles. The molecule has 0 spiro atoms. The number of aromatic amines is 1. The number of likely N-dealkylation sites (tertiary alicyclic amines) is 1. The summed E-state index contributed by atoms with van der Waals surface area (Å²) in [5.41, 5.74) is 2.12. The zero-order chi connectivity index (χ0) is 18.9. The molecule has 6 heteroatoms. The number of hydrogen-bond acceptors (Lipinski definition) is 4. The third kappa shape index (κ3) is 4.07. The Morgan fingerprint density at radius 3 is 2.73 bits per heavy atom. The van der Waals surface area contributed by atoms with Crippen LogP contribution >= 0.6 is 0 Å². The Morgan fingerprint density at radius 1 is 1.35 bits per heavy atom. The van der Waals surface area contributed by atoms with Crippen molar-refractivity contribution in [3.05, 3.63) is 57.6 Å². The van der Waals surface area contributed by atoms with Gasteiger partial charge in [-0.3, -0.25) is 14.5 Å². The van der Waals surface area contributed by atoms with Crippen LogP contribution in [0.4, 0.5) is 0 Å². The number of rotatable bonds is 4. The van der Waals surface area contributed by atoms with E-state index in [1.165, 1.54) is 11.6 Å². The zero-order valence-corrected chi connectivity index (χ0v) is 15.5. The first kappa shape index (κ1) is 18.5. The first-order chi connectivity index (χ1) is 12.2. The number of carbonyl (C=O) groups is 1. The van der Waals surface area contributed by atoms with E-state index >= 15 is 0 Å². The van der Waals surface area contributed by atoms with Crippen LogP contribution in [0, 0.1) is 0 Å². The van der Waals surface area contributed by atoms with Crippen LogP contribution in [0.1, 0.15) is 62.5 Å². The minimum atomic E-state index is -0.825. The minimum absolute atomic E-state index is 0.00815. The molecule has 0 saturated carbocycles. The maximum Gasteiger partial charge on any atom is 0.317 e. The average molecular weight is 358 g/mol. The number of benzene rings is 1. The number of hydrogen-bond donors (Lipinski definition) is 2. The van der Waals surface area contributed by atoms with Gasteiger partial charge in [-0.15, -0.1) is 0 Å². The Hall–Kier alpha value is -2.34. The lowest BCUT2D eigenvalue weighted by Gasteiger charge is -2.38. The van der Waals surface area contributed by atoms with E-state index < -0.39 is 5.97 Å². The largest absolute Gasteiger partial charge is 0.480 e. The van der Waals surface area contributed by atoms with Crippen LogP contribution in [0.15, 0.2) is 39.6 Å². The van der Waals surface area contributed by atoms with Gasteiger partial charge in [-0.1, -0.05) is 45.0 Å². The lowest BCUT2D eigenvalue weighted by Crippen LogP contribution is -2.39. The van der Waals surface area contributed by atoms with E-state index in [0.29, 0.717) is 12.3 Å². The number of carboxylic acid groups (broad SMARTS) is 1. The third-order valence-electron chi connectivity index (χ3n) is 5.13. The molecule has 1 saturated heterocycles. The summed E-state index contributed by atoms with van der Waals surface area (Å²) in [6.45, 7) is 7.16. The molecule has 140 valence electrons. The van der Waals surface area contributed by atoms with Gasteiger partial charge >= 0.3 is 5.97 Å². The summed E-state index contributed by atoms with van der Waals surface area (Å²) < 4.78 is 5.31. The number of aromatic nitrogens is 1. The monoisotopic (exact) mass is 358 g/mol. The summed E-state index contributed by atoms with van der Waals surface area (Å²) in [5.74, 6) is -0.0714. The quantitative estimate of drug-likeness (QED) is 0.876. The molecule has 2 unspecified atom stereocenters. The number of H-pyrrole nitrogens is 1. The van der Waals surface area contributed by atoms with Gasteiger partial charge in [0.25, 0.3) is 5.56 Å². The summed E-state index contributed by atoms with van der Waals surface area (Å²) in [4.78, 5) is 24.7. The molecule has 0 amide bonds. The molecule has 0 bridgehead atoms. The smallest absolute Gasteiger partial charge is 0.317 e. The molecule has 0 radical (unpaired) electrons. The fourth-order valence-electron chi connectivity index (χ4n) is 3.69. The molecule has 0 aliphatic carbocycles. The SMILES string of the molecule is CC(C)(C)c1cccc(C2CC(c3cc(=O)[nH]o3)CCN2CC(=O)O)c1. The van der Waals surface area contributed by atoms with Crippen molar-refractivity contribution in [2.45, 2.75) is 51.0 Å². The van der Waals surface area contributed by atoms with Crippen LogP contribution in [0.3, 0.4) is 0 Å². The fourth-order valence-corrected chi connectivity index (χ4v) is 3.69. The van der Waals surface area contributed by atoms with Gasteiger partial charge in [0.15, 0.2) is 0 Å². The van der Waals surface area contributed by atoms with Gasteiger partial charge in [0, 0.05) is 24.6 Å². The van der Waals surface area contributed by atoms with E-state index in [1.807, 2.05) is 11.0 Å². The van der Waals surface area contributed by atoms with Gasteiger partial charge in [0.05, 0.1) is 6.54 Å². The Bertz CT molecular complexity index is 831. The van der Waals surface area contributed by atoms with E-state index in [9.17, 15) is 14.7 Å². The van der Waals surface area contributed by atoms with Crippen LogP contribution in [-0.4, -0.2) is 34.2 Å². The molecule has 6 nitrogen and oxygen atoms in total. The Labute approximate surface area is 152 Å². The van der Waals surface area contributed by atoms with Gasteiger partial charge in [0.2, 0.25) is 0 Å². The molecule has 1 aliphatic rings. The lowest BCUT2D eigenvalue weighted by molar-refractivity contribution is -0.139. The van der Waals surface area contributed by atoms with Gasteiger partial charge in [-0.2, -0.15) is 5.16 Å². The molecule has 26 heavy (non-hydrogen) atoms. The minimum Gasteiger partial charge on any atom is -0.480 e. The van der Waals surface area contributed by atoms with Crippen LogP contribution in [0.5, 0.6) is 0 Å². The second-order valence-electron chi connectivity index (χ2n) is 8.09. The first-order valence-corrected chi connectivity index (χ1v) is 8.99. The highest BCUT2D eigenvalue weighted by molar-refractivity contribution is 5.69. The molecular weight excluding hydrogens is 332 g/mol. The predicted molar refractivity (Wildman–Crippen MR) is 98.4 cm³/mol. The summed E-state index contributed by atoms with van der Waals surface area (Å²) in [5, 5.41) is 11.6. The van der Waals surface area contributed by atoms with Crippen molar-refractivity contribution in [2.24, 2.45) is 0 Å². The highest BCUT2D eigenvalue weighted by atomic mass is 16.5. The molecule has 1 aromatic heterocycles. The summed E-state index contributed by atoms with van der Waals surface area (Å²) in [6.07, 6.45) is 1.49. The Kier molecular flexibility index (Phi) is 5.05. The normalized spacial score (nSPS) is 21.7. The lowest BCUT2D eigenvalue weighted by atomic mass is 9.82. The fraction of sp³-hybridized carbons (Fsp3) is 0.500. The number of aliphatic carboxylic acids is 1. The molecule has 2 atom stereocenters. The van der Waals surface area contributed by atoms with Crippen LogP contribution in [-0.2, 0) is 10.2 Å². The van der Waals surface area contributed by atoms with E-state index in [4.69, 9.17) is 4.52 Å². The van der Waals surface area contributed by atoms with E-state index in [0.717, 1.165) is 18.4 Å². The van der Waals surface area contributed by atoms with Gasteiger partial charge in [-0.25, -0.2) is 0 Å². The molecule has 2 aromatic rings. The predicted octanol–water partition coefficient (Wildman–Crippen LogP) is 3.27. The van der Waals surface area contributed by atoms with Crippen LogP contribution in [0.25, 0.3) is 0 Å². The summed E-state index contributed by atoms with van der Waals surface area (Å²) in [6, 6.07) is 9.86. The Balaban J connectivity index is 1.92. The van der Waals surface area contributed by atoms with Crippen molar-refractivity contribution < 1.29 is 14.4 Å². The second-order valence-corrected chi connectivity index (χ2v) is 8.09. The van der Waals surface area contributed by atoms with Gasteiger partial charge in [0.1, 0.15) is 5.76 Å². The first-order valence-electron chi connectivity index (χ1n) is 8.99. The second kappa shape index (κ2) is 7.11. The number of carboxylic acids is 1. The highest BCUT2D eigenvalue weighted by Gasteiger charge is 2.33. The van der Waals surface area contributed by atoms with Crippen molar-refractivity contribution in [3.8, 4) is 0 Å². The van der Waals surface area contributed by atoms with Crippen LogP contribution < -0.4 is 5.56 Å². The maximum atomic E-state index is 11.4. The maximum absolute atomic E-state index is 11.4. The molecule has 1 aliphatic heterocycles. The van der Waals surface area contributed by atoms with Crippen molar-refractivity contribution in [3.63, 3.8) is 0 Å². The van der Waals surface area contributed by atoms with E-state index in [-0.39, 0.29) is 29.5 Å². The van der Waals surface area contributed by atoms with Crippen LogP contribution in [0.2, 0.25) is 0 Å². The molecule has 2 N–H and O–H groups in total. The van der Waals surface area contributed by atoms with Crippen molar-refractivity contribution in [2.75, 3.05) is 13.1 Å². The standard InChI is InChI=1S/C20H26N2O4/c1-20(2,3)15-6-4-5-13(9-15)16-10-14(17-11-18(23)21-26-17)7-8-22(16)12-19(24)25/h4-6,9,11,14,16H,7-8,10,12H2,1-3H3,(H,21,23)(H,24,25). The topological polar surface area (TPSA) is 86.5 Å². The van der Waals surface area contributed by atoms with E-state index in [1.54, 1.807) is 0 Å². The van der Waals surface area contributed by atoms with E-state index in [2.05, 4.69) is 44.1 Å². The number of nitrogens with one attached hydrogen (secondary N) is 1. The third-order valence-corrected chi connectivity index (χ3v) is 5.13. The molecule has 1 aromatic carbocycles. The summed E-state index contributed by atoms with van der Waals surface area (Å²) in [7, 11) is 0. The van der Waals surface area contributed by atoms with Crippen molar-refractivity contribution >= 4 is 5.97 Å². The number of piperidine rings is 1. The zero-order valence-electron chi connectivity index (χ0n) is 15.5. The van der Waals surface area contributed by atoms with Crippen molar-refractivity contribution in [1.82, 2.24) is 10.1 Å². The van der Waals surface area contributed by atoms with Gasteiger partial charge in [-0.05, 0) is 29.4 Å². The number of nitrogens with zero attached hydrogens (tertiary/aromatic N) is 1. The molecular formula is C20H26N2O4. The summed E-state index contributed by atoms with van der Waals surface area (Å²) >= 11 is 0. The average Bonchev–Trinajstić information content (AvgIpc) is 3.00. The van der Waals surface area contributed by atoms with Crippen molar-refractivity contribution in [1.29, 1.82) is 0 Å². The highest BCUT2D eigenvalue weighted by Crippen LogP contribution is 2.39. The Morgan fingerprint density at radius 2 is 2.12 bits per heavy atom. The van der Waals surface area contributed by atoms with Gasteiger partial charge < -0.3 is 9.63 Å². The molecule has 3 rings (SSSR count). The molecule has 1 fully saturated rings.